The highest BCUT2D eigenvalue weighted by molar-refractivity contribution is 9.10. The molecule has 19 heavy (non-hydrogen) atoms. The van der Waals surface area contributed by atoms with Crippen molar-refractivity contribution in [2.75, 3.05) is 7.11 Å². The van der Waals surface area contributed by atoms with Crippen molar-refractivity contribution in [3.8, 4) is 5.75 Å². The standard InChI is InChI=1S/C14H12BrNOS2/c1-17-10-3-2-8(6-9(10)15)14(16)13-7-12-11(19-13)4-5-18-12/h2-7,14H,16H2,1H3. The van der Waals surface area contributed by atoms with Gasteiger partial charge in [0.1, 0.15) is 5.75 Å². The Labute approximate surface area is 128 Å². The number of hydrogen-bond donors (Lipinski definition) is 1. The molecule has 0 spiro atoms. The molecule has 2 nitrogen and oxygen atoms in total. The van der Waals surface area contributed by atoms with Crippen LogP contribution in [0.5, 0.6) is 5.75 Å². The lowest BCUT2D eigenvalue weighted by molar-refractivity contribution is 0.412. The molecular formula is C14H12BrNOS2. The third-order valence-corrected chi connectivity index (χ3v) is 5.80. The van der Waals surface area contributed by atoms with E-state index in [-0.39, 0.29) is 6.04 Å². The van der Waals surface area contributed by atoms with Gasteiger partial charge in [0.25, 0.3) is 0 Å². The molecule has 1 aromatic carbocycles. The Bertz CT molecular complexity index is 691. The third kappa shape index (κ3) is 2.43. The highest BCUT2D eigenvalue weighted by Crippen LogP contribution is 2.36. The van der Waals surface area contributed by atoms with E-state index in [9.17, 15) is 0 Å². The maximum Gasteiger partial charge on any atom is 0.133 e. The van der Waals surface area contributed by atoms with E-state index in [1.165, 1.54) is 14.3 Å². The normalized spacial score (nSPS) is 12.8. The molecule has 0 bridgehead atoms. The molecule has 0 aliphatic rings. The number of halogens is 1. The molecular weight excluding hydrogens is 342 g/mol. The van der Waals surface area contributed by atoms with E-state index in [4.69, 9.17) is 10.5 Å². The number of nitrogens with two attached hydrogens (primary N) is 1. The van der Waals surface area contributed by atoms with Crippen molar-refractivity contribution in [1.82, 2.24) is 0 Å². The van der Waals surface area contributed by atoms with E-state index in [0.717, 1.165) is 15.8 Å². The molecule has 98 valence electrons. The van der Waals surface area contributed by atoms with Gasteiger partial charge in [0, 0.05) is 14.3 Å². The fourth-order valence-electron chi connectivity index (χ4n) is 1.98. The van der Waals surface area contributed by atoms with Crippen LogP contribution in [0.1, 0.15) is 16.5 Å². The summed E-state index contributed by atoms with van der Waals surface area (Å²) in [4.78, 5) is 1.19. The molecule has 3 rings (SSSR count). The Balaban J connectivity index is 1.96. The quantitative estimate of drug-likeness (QED) is 0.735. The van der Waals surface area contributed by atoms with Crippen LogP contribution in [0, 0.1) is 0 Å². The molecule has 1 unspecified atom stereocenters. The Morgan fingerprint density at radius 3 is 2.74 bits per heavy atom. The van der Waals surface area contributed by atoms with Gasteiger partial charge in [-0.2, -0.15) is 0 Å². The van der Waals surface area contributed by atoms with Gasteiger partial charge in [-0.05, 0) is 51.1 Å². The summed E-state index contributed by atoms with van der Waals surface area (Å²) in [6, 6.07) is 10.2. The Morgan fingerprint density at radius 2 is 2.05 bits per heavy atom. The van der Waals surface area contributed by atoms with Crippen LogP contribution in [0.3, 0.4) is 0 Å². The van der Waals surface area contributed by atoms with Crippen molar-refractivity contribution in [2.24, 2.45) is 5.73 Å². The molecule has 0 aliphatic heterocycles. The van der Waals surface area contributed by atoms with Crippen molar-refractivity contribution in [1.29, 1.82) is 0 Å². The molecule has 0 fully saturated rings. The molecule has 0 radical (unpaired) electrons. The molecule has 2 heterocycles. The van der Waals surface area contributed by atoms with Crippen LogP contribution in [0.2, 0.25) is 0 Å². The summed E-state index contributed by atoms with van der Waals surface area (Å²) in [5, 5.41) is 2.11. The second kappa shape index (κ2) is 5.25. The van der Waals surface area contributed by atoms with E-state index in [1.807, 2.05) is 18.2 Å². The number of thiophene rings is 2. The summed E-state index contributed by atoms with van der Waals surface area (Å²) < 4.78 is 8.79. The van der Waals surface area contributed by atoms with E-state index in [0.29, 0.717) is 0 Å². The van der Waals surface area contributed by atoms with Gasteiger partial charge in [-0.1, -0.05) is 6.07 Å². The fourth-order valence-corrected chi connectivity index (χ4v) is 4.69. The van der Waals surface area contributed by atoms with Crippen LogP contribution < -0.4 is 10.5 Å². The van der Waals surface area contributed by atoms with Gasteiger partial charge in [0.2, 0.25) is 0 Å². The van der Waals surface area contributed by atoms with Gasteiger partial charge < -0.3 is 10.5 Å². The Kier molecular flexibility index (Phi) is 3.62. The summed E-state index contributed by atoms with van der Waals surface area (Å²) in [5.41, 5.74) is 7.44. The zero-order valence-electron chi connectivity index (χ0n) is 10.2. The summed E-state index contributed by atoms with van der Waals surface area (Å²) >= 11 is 7.02. The number of methoxy groups -OCH3 is 1. The third-order valence-electron chi connectivity index (χ3n) is 3.00. The zero-order valence-corrected chi connectivity index (χ0v) is 13.4. The Morgan fingerprint density at radius 1 is 1.21 bits per heavy atom. The van der Waals surface area contributed by atoms with Crippen LogP contribution in [-0.4, -0.2) is 7.11 Å². The summed E-state index contributed by atoms with van der Waals surface area (Å²) in [7, 11) is 1.66. The molecule has 3 aromatic rings. The topological polar surface area (TPSA) is 35.2 Å². The first kappa shape index (κ1) is 13.1. The average Bonchev–Trinajstić information content (AvgIpc) is 2.98. The summed E-state index contributed by atoms with van der Waals surface area (Å²) in [6.45, 7) is 0. The van der Waals surface area contributed by atoms with Crippen molar-refractivity contribution < 1.29 is 4.74 Å². The van der Waals surface area contributed by atoms with Crippen molar-refractivity contribution in [2.45, 2.75) is 6.04 Å². The van der Waals surface area contributed by atoms with Crippen LogP contribution >= 0.6 is 38.6 Å². The first-order valence-electron chi connectivity index (χ1n) is 5.75. The predicted octanol–water partition coefficient (Wildman–Crippen LogP) is 4.78. The SMILES string of the molecule is COc1ccc(C(N)c2cc3sccc3s2)cc1Br. The van der Waals surface area contributed by atoms with Gasteiger partial charge in [0.15, 0.2) is 0 Å². The average molecular weight is 354 g/mol. The second-order valence-corrected chi connectivity index (χ2v) is 7.09. The van der Waals surface area contributed by atoms with Crippen LogP contribution in [0.25, 0.3) is 9.40 Å². The minimum Gasteiger partial charge on any atom is -0.496 e. The highest BCUT2D eigenvalue weighted by atomic mass is 79.9. The molecule has 0 aliphatic carbocycles. The monoisotopic (exact) mass is 353 g/mol. The van der Waals surface area contributed by atoms with Gasteiger partial charge in [-0.3, -0.25) is 0 Å². The number of benzene rings is 1. The minimum atomic E-state index is -0.0909. The zero-order chi connectivity index (χ0) is 13.4. The van der Waals surface area contributed by atoms with Crippen LogP contribution in [0.4, 0.5) is 0 Å². The van der Waals surface area contributed by atoms with Crippen molar-refractivity contribution >= 4 is 48.0 Å². The first-order chi connectivity index (χ1) is 9.19. The maximum atomic E-state index is 6.35. The number of rotatable bonds is 3. The molecule has 2 N–H and O–H groups in total. The van der Waals surface area contributed by atoms with E-state index in [2.05, 4.69) is 33.4 Å². The number of ether oxygens (including phenoxy) is 1. The smallest absolute Gasteiger partial charge is 0.133 e. The van der Waals surface area contributed by atoms with E-state index < -0.39 is 0 Å². The van der Waals surface area contributed by atoms with Gasteiger partial charge in [-0.15, -0.1) is 22.7 Å². The van der Waals surface area contributed by atoms with Crippen molar-refractivity contribution in [3.05, 3.63) is 50.6 Å². The van der Waals surface area contributed by atoms with E-state index >= 15 is 0 Å². The lowest BCUT2D eigenvalue weighted by Crippen LogP contribution is -2.10. The highest BCUT2D eigenvalue weighted by Gasteiger charge is 2.14. The van der Waals surface area contributed by atoms with Crippen LogP contribution in [0.15, 0.2) is 40.2 Å². The van der Waals surface area contributed by atoms with Gasteiger partial charge >= 0.3 is 0 Å². The maximum absolute atomic E-state index is 6.35. The molecule has 0 saturated heterocycles. The van der Waals surface area contributed by atoms with Crippen LogP contribution in [-0.2, 0) is 0 Å². The molecule has 0 amide bonds. The number of fused-ring (bicyclic) bond motifs is 1. The minimum absolute atomic E-state index is 0.0909. The fraction of sp³-hybridized carbons (Fsp3) is 0.143. The molecule has 2 aromatic heterocycles. The predicted molar refractivity (Wildman–Crippen MR) is 86.4 cm³/mol. The second-order valence-electron chi connectivity index (χ2n) is 4.17. The molecule has 0 saturated carbocycles. The largest absolute Gasteiger partial charge is 0.496 e. The van der Waals surface area contributed by atoms with Crippen molar-refractivity contribution in [3.63, 3.8) is 0 Å². The first-order valence-corrected chi connectivity index (χ1v) is 8.24. The Hall–Kier alpha value is -0.880. The number of hydrogen-bond acceptors (Lipinski definition) is 4. The molecule has 5 heteroatoms. The molecule has 1 atom stereocenters. The lowest BCUT2D eigenvalue weighted by atomic mass is 10.1. The summed E-state index contributed by atoms with van der Waals surface area (Å²) in [6.07, 6.45) is 0. The van der Waals surface area contributed by atoms with Gasteiger partial charge in [0.05, 0.1) is 17.6 Å². The summed E-state index contributed by atoms with van der Waals surface area (Å²) in [5.74, 6) is 0.822. The lowest BCUT2D eigenvalue weighted by Gasteiger charge is -2.12. The van der Waals surface area contributed by atoms with E-state index in [1.54, 1.807) is 29.8 Å². The van der Waals surface area contributed by atoms with Gasteiger partial charge in [-0.25, -0.2) is 0 Å².